The number of ketones is 2. The van der Waals surface area contributed by atoms with Gasteiger partial charge in [-0.25, -0.2) is 0 Å². The van der Waals surface area contributed by atoms with Crippen molar-refractivity contribution in [2.75, 3.05) is 33.8 Å². The minimum Gasteiger partial charge on any atom is -0.510 e. The number of hydrogen-bond donors (Lipinski definition) is 5. The number of aliphatic hydroxyl groups is 3. The summed E-state index contributed by atoms with van der Waals surface area (Å²) >= 11 is 0. The van der Waals surface area contributed by atoms with Crippen molar-refractivity contribution in [3.8, 4) is 11.5 Å². The maximum atomic E-state index is 14.2. The number of ether oxygens (including phenoxy) is 1. The van der Waals surface area contributed by atoms with Gasteiger partial charge in [0.1, 0.15) is 28.6 Å². The molecule has 6 N–H and O–H groups in total. The lowest BCUT2D eigenvalue weighted by Gasteiger charge is -2.50. The molecule has 3 aliphatic carbocycles. The molecule has 42 heavy (non-hydrogen) atoms. The van der Waals surface area contributed by atoms with Crippen LogP contribution >= 0.6 is 0 Å². The lowest BCUT2D eigenvalue weighted by atomic mass is 9.58. The van der Waals surface area contributed by atoms with Gasteiger partial charge in [0.15, 0.2) is 11.4 Å². The lowest BCUT2D eigenvalue weighted by molar-refractivity contribution is -0.148. The molecule has 4 aliphatic rings. The van der Waals surface area contributed by atoms with E-state index in [1.54, 1.807) is 14.1 Å². The maximum Gasteiger partial charge on any atom is 0.255 e. The molecule has 1 heterocycles. The van der Waals surface area contributed by atoms with Gasteiger partial charge in [0.05, 0.1) is 18.2 Å². The fraction of sp³-hybridized carbons (Fsp3) is 0.452. The van der Waals surface area contributed by atoms with E-state index in [1.165, 1.54) is 4.90 Å². The van der Waals surface area contributed by atoms with Gasteiger partial charge in [-0.1, -0.05) is 12.1 Å². The van der Waals surface area contributed by atoms with Crippen molar-refractivity contribution in [1.29, 1.82) is 0 Å². The van der Waals surface area contributed by atoms with Gasteiger partial charge in [-0.2, -0.15) is 0 Å². The van der Waals surface area contributed by atoms with E-state index >= 15 is 0 Å². The fourth-order valence-corrected chi connectivity index (χ4v) is 7.33. The van der Waals surface area contributed by atoms with Gasteiger partial charge in [0, 0.05) is 34.4 Å². The van der Waals surface area contributed by atoms with Crippen molar-refractivity contribution in [2.45, 2.75) is 44.4 Å². The minimum absolute atomic E-state index is 0.0187. The highest BCUT2D eigenvalue weighted by Gasteiger charge is 2.63. The standard InChI is InChI=1S/C31H35N3O8/c1-4-42-27-16-7-6-14(13-34-8-5-9-34)10-17(16)24(35)21-18(27)11-15-12-19-23(33(2)3)26(37)22(30(32)40)29(39)31(19,41)28(38)20(15)25(21)36/h6-7,10,15,19,23,35,37-38,41H,4-5,8-9,11-13H2,1-3H3,(H2,32,40)/t15-,19-,23-,31-/m0/s1. The summed E-state index contributed by atoms with van der Waals surface area (Å²) < 4.78 is 6.08. The zero-order valence-electron chi connectivity index (χ0n) is 23.8. The molecule has 0 aromatic heterocycles. The van der Waals surface area contributed by atoms with E-state index in [4.69, 9.17) is 10.5 Å². The number of Topliss-reactive ketones (excluding diaryl/α,β-unsaturated/α-hetero) is 2. The molecule has 0 spiro atoms. The number of aromatic hydroxyl groups is 1. The van der Waals surface area contributed by atoms with Crippen molar-refractivity contribution in [3.05, 3.63) is 57.6 Å². The number of primary amides is 1. The molecule has 4 atom stereocenters. The highest BCUT2D eigenvalue weighted by molar-refractivity contribution is 6.25. The van der Waals surface area contributed by atoms with E-state index in [-0.39, 0.29) is 29.7 Å². The maximum absolute atomic E-state index is 14.2. The molecule has 222 valence electrons. The van der Waals surface area contributed by atoms with Gasteiger partial charge in [-0.3, -0.25) is 24.2 Å². The summed E-state index contributed by atoms with van der Waals surface area (Å²) in [6, 6.07) is 4.66. The molecule has 0 radical (unpaired) electrons. The van der Waals surface area contributed by atoms with E-state index < -0.39 is 58.0 Å². The van der Waals surface area contributed by atoms with Crippen molar-refractivity contribution < 1.29 is 39.5 Å². The Labute approximate surface area is 242 Å². The van der Waals surface area contributed by atoms with E-state index in [0.29, 0.717) is 35.2 Å². The van der Waals surface area contributed by atoms with Crippen LogP contribution in [-0.4, -0.2) is 93.1 Å². The van der Waals surface area contributed by atoms with Crippen LogP contribution in [0, 0.1) is 11.8 Å². The number of likely N-dealkylation sites (N-methyl/N-ethyl adjacent to an activating group) is 1. The number of nitrogens with two attached hydrogens (primary N) is 1. The number of phenols is 1. The van der Waals surface area contributed by atoms with E-state index in [1.807, 2.05) is 25.1 Å². The fourth-order valence-electron chi connectivity index (χ4n) is 7.33. The molecule has 1 amide bonds. The number of amides is 1. The van der Waals surface area contributed by atoms with Gasteiger partial charge in [-0.05, 0) is 70.9 Å². The average Bonchev–Trinajstić information content (AvgIpc) is 2.90. The molecule has 1 saturated heterocycles. The number of carbonyl (C=O) groups is 3. The SMILES string of the molecule is CCOc1c2c(c(O)c3cc(CN4CCC4)ccc13)C(=O)C1=C(O)[C@]3(O)C(=O)C(C(N)=O)=C(O)[C@@H](N(C)C)[C@@H]3C[C@@H]1C2. The molecule has 2 aromatic carbocycles. The zero-order chi connectivity index (χ0) is 30.2. The van der Waals surface area contributed by atoms with E-state index in [2.05, 4.69) is 4.90 Å². The van der Waals surface area contributed by atoms with Crippen molar-refractivity contribution in [2.24, 2.45) is 17.6 Å². The summed E-state index contributed by atoms with van der Waals surface area (Å²) in [6.07, 6.45) is 1.32. The predicted octanol–water partition coefficient (Wildman–Crippen LogP) is 1.88. The Kier molecular flexibility index (Phi) is 6.60. The first-order valence-electron chi connectivity index (χ1n) is 14.2. The van der Waals surface area contributed by atoms with Gasteiger partial charge in [-0.15, -0.1) is 0 Å². The highest BCUT2D eigenvalue weighted by Crippen LogP contribution is 2.54. The number of benzene rings is 2. The number of nitrogens with zero attached hydrogens (tertiary/aromatic N) is 2. The largest absolute Gasteiger partial charge is 0.510 e. The molecular weight excluding hydrogens is 542 g/mol. The molecule has 0 unspecified atom stereocenters. The number of rotatable bonds is 6. The van der Waals surface area contributed by atoms with E-state index in [9.17, 15) is 34.8 Å². The molecular formula is C31H35N3O8. The molecule has 1 aliphatic heterocycles. The van der Waals surface area contributed by atoms with Crippen LogP contribution in [0.25, 0.3) is 10.8 Å². The Morgan fingerprint density at radius 3 is 2.48 bits per heavy atom. The number of hydrogen-bond acceptors (Lipinski definition) is 10. The Morgan fingerprint density at radius 1 is 1.17 bits per heavy atom. The highest BCUT2D eigenvalue weighted by atomic mass is 16.5. The zero-order valence-corrected chi connectivity index (χ0v) is 23.8. The molecule has 0 bridgehead atoms. The molecule has 2 aromatic rings. The van der Waals surface area contributed by atoms with Crippen molar-refractivity contribution >= 4 is 28.2 Å². The topological polar surface area (TPSA) is 174 Å². The van der Waals surface area contributed by atoms with Crippen LogP contribution in [-0.2, 0) is 22.6 Å². The Hall–Kier alpha value is -3.93. The minimum atomic E-state index is -2.68. The van der Waals surface area contributed by atoms with Crippen LogP contribution in [0.1, 0.15) is 41.3 Å². The first-order valence-corrected chi connectivity index (χ1v) is 14.2. The third kappa shape index (κ3) is 3.80. The van der Waals surface area contributed by atoms with Crippen molar-refractivity contribution in [3.63, 3.8) is 0 Å². The average molecular weight is 578 g/mol. The quantitative estimate of drug-likeness (QED) is 0.319. The summed E-state index contributed by atoms with van der Waals surface area (Å²) in [5, 5.41) is 47.0. The Morgan fingerprint density at radius 2 is 1.88 bits per heavy atom. The van der Waals surface area contributed by atoms with Crippen LogP contribution in [0.2, 0.25) is 0 Å². The summed E-state index contributed by atoms with van der Waals surface area (Å²) in [5.74, 6) is -6.27. The van der Waals surface area contributed by atoms with Gasteiger partial charge < -0.3 is 30.9 Å². The van der Waals surface area contributed by atoms with Crippen LogP contribution in [0.3, 0.4) is 0 Å². The third-order valence-corrected chi connectivity index (χ3v) is 9.35. The number of likely N-dealkylation sites (tertiary alicyclic amines) is 1. The van der Waals surface area contributed by atoms with Gasteiger partial charge >= 0.3 is 0 Å². The van der Waals surface area contributed by atoms with Gasteiger partial charge in [0.2, 0.25) is 5.78 Å². The monoisotopic (exact) mass is 577 g/mol. The normalized spacial score (nSPS) is 27.6. The second-order valence-electron chi connectivity index (χ2n) is 11.9. The predicted molar refractivity (Wildman–Crippen MR) is 152 cm³/mol. The van der Waals surface area contributed by atoms with Crippen molar-refractivity contribution in [1.82, 2.24) is 9.80 Å². The second-order valence-corrected chi connectivity index (χ2v) is 11.9. The molecule has 0 saturated carbocycles. The number of aliphatic hydroxyl groups excluding tert-OH is 2. The van der Waals surface area contributed by atoms with Crippen LogP contribution in [0.5, 0.6) is 11.5 Å². The number of allylic oxidation sites excluding steroid dienone is 1. The Bertz CT molecular complexity index is 1620. The Balaban J connectivity index is 1.55. The molecule has 11 nitrogen and oxygen atoms in total. The van der Waals surface area contributed by atoms with E-state index in [0.717, 1.165) is 25.1 Å². The van der Waals surface area contributed by atoms with Crippen LogP contribution in [0.4, 0.5) is 0 Å². The second kappa shape index (κ2) is 9.82. The number of carbonyl (C=O) groups excluding carboxylic acids is 3. The first kappa shape index (κ1) is 28.2. The lowest BCUT2D eigenvalue weighted by Crippen LogP contribution is -2.63. The van der Waals surface area contributed by atoms with Crippen LogP contribution in [0.15, 0.2) is 40.9 Å². The molecule has 1 fully saturated rings. The molecule has 11 heteroatoms. The summed E-state index contributed by atoms with van der Waals surface area (Å²) in [4.78, 5) is 43.7. The summed E-state index contributed by atoms with van der Waals surface area (Å²) in [5.41, 5.74) is 3.11. The first-order chi connectivity index (χ1) is 19.9. The van der Waals surface area contributed by atoms with Gasteiger partial charge in [0.25, 0.3) is 5.91 Å². The number of phenolic OH excluding ortho intramolecular Hbond substituents is 1. The third-order valence-electron chi connectivity index (χ3n) is 9.35. The molecule has 6 rings (SSSR count). The summed E-state index contributed by atoms with van der Waals surface area (Å²) in [7, 11) is 3.20. The number of fused-ring (bicyclic) bond motifs is 4. The summed E-state index contributed by atoms with van der Waals surface area (Å²) in [6.45, 7) is 4.82. The smallest absolute Gasteiger partial charge is 0.255 e. The van der Waals surface area contributed by atoms with Crippen LogP contribution < -0.4 is 10.5 Å².